The van der Waals surface area contributed by atoms with Gasteiger partial charge in [-0.15, -0.1) is 0 Å². The molecule has 1 fully saturated rings. The van der Waals surface area contributed by atoms with Gasteiger partial charge in [-0.05, 0) is 48.3 Å². The zero-order valence-electron chi connectivity index (χ0n) is 14.0. The summed E-state index contributed by atoms with van der Waals surface area (Å²) in [5, 5.41) is 3.42. The van der Waals surface area contributed by atoms with Gasteiger partial charge >= 0.3 is 0 Å². The van der Waals surface area contributed by atoms with Gasteiger partial charge in [-0.2, -0.15) is 0 Å². The molecule has 1 aliphatic rings. The highest BCUT2D eigenvalue weighted by molar-refractivity contribution is 14.1. The summed E-state index contributed by atoms with van der Waals surface area (Å²) in [6.07, 6.45) is 5.13. The molecule has 1 aliphatic carbocycles. The first-order valence-corrected chi connectivity index (χ1v) is 9.22. The minimum atomic E-state index is 0.0542. The fourth-order valence-corrected chi connectivity index (χ4v) is 4.34. The molecule has 0 spiro atoms. The van der Waals surface area contributed by atoms with E-state index < -0.39 is 0 Å². The highest BCUT2D eigenvalue weighted by atomic mass is 127. The van der Waals surface area contributed by atoms with E-state index in [0.29, 0.717) is 5.92 Å². The van der Waals surface area contributed by atoms with Crippen molar-refractivity contribution < 1.29 is 0 Å². The Labute approximate surface area is 142 Å². The van der Waals surface area contributed by atoms with E-state index in [1.165, 1.54) is 34.9 Å². The maximum atomic E-state index is 4.99. The lowest BCUT2D eigenvalue weighted by Crippen LogP contribution is -2.22. The van der Waals surface area contributed by atoms with Gasteiger partial charge in [0, 0.05) is 17.9 Å². The van der Waals surface area contributed by atoms with E-state index in [4.69, 9.17) is 9.97 Å². The molecular formula is C17H28IN3. The molecule has 2 unspecified atom stereocenters. The summed E-state index contributed by atoms with van der Waals surface area (Å²) in [6, 6.07) is 0. The normalized spacial score (nSPS) is 23.1. The minimum Gasteiger partial charge on any atom is -0.369 e. The van der Waals surface area contributed by atoms with E-state index in [2.05, 4.69) is 62.5 Å². The molecule has 0 aliphatic heterocycles. The first kappa shape index (κ1) is 17.0. The molecule has 1 heterocycles. The van der Waals surface area contributed by atoms with Gasteiger partial charge in [0.15, 0.2) is 0 Å². The van der Waals surface area contributed by atoms with Crippen molar-refractivity contribution in [1.29, 1.82) is 0 Å². The number of halogens is 1. The van der Waals surface area contributed by atoms with Crippen molar-refractivity contribution in [2.75, 3.05) is 11.9 Å². The number of nitrogens with one attached hydrogen (secondary N) is 1. The van der Waals surface area contributed by atoms with Crippen molar-refractivity contribution in [1.82, 2.24) is 9.97 Å². The highest BCUT2D eigenvalue weighted by Crippen LogP contribution is 2.37. The monoisotopic (exact) mass is 401 g/mol. The van der Waals surface area contributed by atoms with Crippen LogP contribution in [0.2, 0.25) is 0 Å². The van der Waals surface area contributed by atoms with E-state index in [1.54, 1.807) is 0 Å². The standard InChI is InChI=1S/C17H28IN3/c1-6-19-16-13(18)14(17(3,4)5)20-15(21-16)12-9-7-8-11(2)10-12/h11-12H,6-10H2,1-5H3,(H,19,20,21). The van der Waals surface area contributed by atoms with Crippen molar-refractivity contribution in [2.45, 2.75) is 71.6 Å². The fraction of sp³-hybridized carbons (Fsp3) is 0.765. The third kappa shape index (κ3) is 4.08. The minimum absolute atomic E-state index is 0.0542. The Bertz CT molecular complexity index is 494. The third-order valence-corrected chi connectivity index (χ3v) is 5.25. The first-order chi connectivity index (χ1) is 9.82. The Hall–Kier alpha value is -0.390. The van der Waals surface area contributed by atoms with Crippen LogP contribution in [0.4, 0.5) is 5.82 Å². The van der Waals surface area contributed by atoms with Gasteiger partial charge in [0.25, 0.3) is 0 Å². The Balaban J connectivity index is 2.43. The number of anilines is 1. The van der Waals surface area contributed by atoms with Crippen molar-refractivity contribution in [3.05, 3.63) is 15.1 Å². The molecule has 1 aromatic heterocycles. The highest BCUT2D eigenvalue weighted by Gasteiger charge is 2.28. The predicted molar refractivity (Wildman–Crippen MR) is 98.0 cm³/mol. The van der Waals surface area contributed by atoms with Gasteiger partial charge in [0.05, 0.1) is 9.26 Å². The number of hydrogen-bond acceptors (Lipinski definition) is 3. The summed E-state index contributed by atoms with van der Waals surface area (Å²) >= 11 is 2.39. The van der Waals surface area contributed by atoms with Crippen LogP contribution in [0.25, 0.3) is 0 Å². The largest absolute Gasteiger partial charge is 0.369 e. The van der Waals surface area contributed by atoms with Gasteiger partial charge in [-0.1, -0.05) is 40.5 Å². The summed E-state index contributed by atoms with van der Waals surface area (Å²) in [6.45, 7) is 12.1. The summed E-state index contributed by atoms with van der Waals surface area (Å²) in [5.74, 6) is 3.41. The first-order valence-electron chi connectivity index (χ1n) is 8.14. The van der Waals surface area contributed by atoms with Crippen LogP contribution in [-0.2, 0) is 5.41 Å². The van der Waals surface area contributed by atoms with Crippen molar-refractivity contribution in [3.8, 4) is 0 Å². The summed E-state index contributed by atoms with van der Waals surface area (Å²) < 4.78 is 1.18. The Morgan fingerprint density at radius 3 is 2.52 bits per heavy atom. The zero-order valence-corrected chi connectivity index (χ0v) is 16.1. The Morgan fingerprint density at radius 1 is 1.24 bits per heavy atom. The average molecular weight is 401 g/mol. The van der Waals surface area contributed by atoms with Crippen molar-refractivity contribution >= 4 is 28.4 Å². The van der Waals surface area contributed by atoms with Crippen LogP contribution in [0, 0.1) is 9.49 Å². The van der Waals surface area contributed by atoms with Crippen LogP contribution in [0.15, 0.2) is 0 Å². The van der Waals surface area contributed by atoms with Crippen molar-refractivity contribution in [2.24, 2.45) is 5.92 Å². The van der Waals surface area contributed by atoms with E-state index in [0.717, 1.165) is 24.1 Å². The smallest absolute Gasteiger partial charge is 0.143 e. The number of hydrogen-bond donors (Lipinski definition) is 1. The zero-order chi connectivity index (χ0) is 15.6. The second kappa shape index (κ2) is 6.80. The predicted octanol–water partition coefficient (Wildman–Crippen LogP) is 5.10. The second-order valence-corrected chi connectivity index (χ2v) is 8.42. The van der Waals surface area contributed by atoms with Crippen LogP contribution in [0.1, 0.15) is 77.7 Å². The molecule has 0 bridgehead atoms. The summed E-state index contributed by atoms with van der Waals surface area (Å²) in [5.41, 5.74) is 1.24. The average Bonchev–Trinajstić information content (AvgIpc) is 2.40. The quantitative estimate of drug-likeness (QED) is 0.716. The fourth-order valence-electron chi connectivity index (χ4n) is 3.10. The molecular weight excluding hydrogens is 373 g/mol. The van der Waals surface area contributed by atoms with Crippen LogP contribution >= 0.6 is 22.6 Å². The Morgan fingerprint density at radius 2 is 1.95 bits per heavy atom. The van der Waals surface area contributed by atoms with Crippen LogP contribution in [0.5, 0.6) is 0 Å². The van der Waals surface area contributed by atoms with Crippen molar-refractivity contribution in [3.63, 3.8) is 0 Å². The van der Waals surface area contributed by atoms with E-state index in [9.17, 15) is 0 Å². The lowest BCUT2D eigenvalue weighted by molar-refractivity contribution is 0.334. The lowest BCUT2D eigenvalue weighted by Gasteiger charge is -2.28. The lowest BCUT2D eigenvalue weighted by atomic mass is 9.82. The third-order valence-electron chi connectivity index (χ3n) is 4.22. The Kier molecular flexibility index (Phi) is 5.49. The second-order valence-electron chi connectivity index (χ2n) is 7.34. The number of nitrogens with zero attached hydrogens (tertiary/aromatic N) is 2. The molecule has 3 nitrogen and oxygen atoms in total. The van der Waals surface area contributed by atoms with Gasteiger partial charge < -0.3 is 5.32 Å². The molecule has 2 rings (SSSR count). The molecule has 0 saturated heterocycles. The van der Waals surface area contributed by atoms with Crippen LogP contribution in [0.3, 0.4) is 0 Å². The molecule has 2 atom stereocenters. The molecule has 1 N–H and O–H groups in total. The molecule has 0 aromatic carbocycles. The molecule has 21 heavy (non-hydrogen) atoms. The van der Waals surface area contributed by atoms with E-state index >= 15 is 0 Å². The van der Waals surface area contributed by atoms with Gasteiger partial charge in [0.1, 0.15) is 11.6 Å². The van der Waals surface area contributed by atoms with Gasteiger partial charge in [-0.25, -0.2) is 9.97 Å². The van der Waals surface area contributed by atoms with E-state index in [-0.39, 0.29) is 5.41 Å². The van der Waals surface area contributed by atoms with E-state index in [1.807, 2.05) is 0 Å². The summed E-state index contributed by atoms with van der Waals surface area (Å²) in [7, 11) is 0. The topological polar surface area (TPSA) is 37.8 Å². The van der Waals surface area contributed by atoms with Crippen LogP contribution < -0.4 is 5.32 Å². The molecule has 0 amide bonds. The van der Waals surface area contributed by atoms with Gasteiger partial charge in [0.2, 0.25) is 0 Å². The maximum Gasteiger partial charge on any atom is 0.143 e. The van der Waals surface area contributed by atoms with Crippen LogP contribution in [-0.4, -0.2) is 16.5 Å². The molecule has 1 saturated carbocycles. The summed E-state index contributed by atoms with van der Waals surface area (Å²) in [4.78, 5) is 9.85. The SMILES string of the molecule is CCNc1nc(C2CCCC(C)C2)nc(C(C)(C)C)c1I. The molecule has 4 heteroatoms. The number of aromatic nitrogens is 2. The molecule has 118 valence electrons. The molecule has 0 radical (unpaired) electrons. The van der Waals surface area contributed by atoms with Gasteiger partial charge in [-0.3, -0.25) is 0 Å². The molecule has 1 aromatic rings. The number of rotatable bonds is 3. The maximum absolute atomic E-state index is 4.99.